The molecule has 2 aromatic heterocycles. The second-order valence-electron chi connectivity index (χ2n) is 9.14. The van der Waals surface area contributed by atoms with Crippen LogP contribution in [0.4, 0.5) is 11.5 Å². The lowest BCUT2D eigenvalue weighted by molar-refractivity contribution is -0.119. The number of Topliss-reactive ketones (excluding diaryl/α,β-unsaturated/α-hetero) is 1. The molecule has 0 unspecified atom stereocenters. The van der Waals surface area contributed by atoms with Crippen molar-refractivity contribution in [3.63, 3.8) is 0 Å². The summed E-state index contributed by atoms with van der Waals surface area (Å²) in [7, 11) is -3.45. The van der Waals surface area contributed by atoms with Crippen LogP contribution in [0, 0.1) is 12.8 Å². The maximum Gasteiger partial charge on any atom is 0.235 e. The summed E-state index contributed by atoms with van der Waals surface area (Å²) >= 11 is 0. The van der Waals surface area contributed by atoms with E-state index >= 15 is 0 Å². The highest BCUT2D eigenvalue weighted by Gasteiger charge is 2.17. The number of rotatable bonds is 12. The van der Waals surface area contributed by atoms with Crippen LogP contribution in [0.15, 0.2) is 18.2 Å². The van der Waals surface area contributed by atoms with Gasteiger partial charge in [-0.1, -0.05) is 20.3 Å². The number of unbranched alkanes of at least 4 members (excludes halogenated alkanes) is 2. The van der Waals surface area contributed by atoms with Crippen molar-refractivity contribution in [3.05, 3.63) is 24.0 Å². The van der Waals surface area contributed by atoms with Crippen LogP contribution in [0.25, 0.3) is 16.7 Å². The molecule has 10 heteroatoms. The van der Waals surface area contributed by atoms with E-state index < -0.39 is 15.3 Å². The van der Waals surface area contributed by atoms with E-state index in [0.717, 1.165) is 30.6 Å². The molecule has 3 aromatic rings. The summed E-state index contributed by atoms with van der Waals surface area (Å²) < 4.78 is 29.0. The molecule has 0 saturated carbocycles. The summed E-state index contributed by atoms with van der Waals surface area (Å²) in [5, 5.41) is 11.3. The third kappa shape index (κ3) is 6.19. The van der Waals surface area contributed by atoms with Crippen molar-refractivity contribution in [1.29, 1.82) is 0 Å². The molecular formula is C23H34N6O3S. The van der Waals surface area contributed by atoms with E-state index in [4.69, 9.17) is 4.98 Å². The number of aromatic nitrogens is 4. The van der Waals surface area contributed by atoms with Gasteiger partial charge in [-0.2, -0.15) is 0 Å². The maximum absolute atomic E-state index is 12.3. The first-order valence-corrected chi connectivity index (χ1v) is 13.1. The minimum Gasteiger partial charge on any atom is -0.367 e. The topological polar surface area (TPSA) is 118 Å². The summed E-state index contributed by atoms with van der Waals surface area (Å²) in [6, 6.07) is 5.26. The lowest BCUT2D eigenvalue weighted by Crippen LogP contribution is -2.22. The third-order valence-corrected chi connectivity index (χ3v) is 7.19. The average molecular weight is 475 g/mol. The Labute approximate surface area is 195 Å². The molecule has 33 heavy (non-hydrogen) atoms. The van der Waals surface area contributed by atoms with Crippen LogP contribution in [-0.2, 0) is 14.8 Å². The van der Waals surface area contributed by atoms with Gasteiger partial charge in [0.25, 0.3) is 0 Å². The smallest absolute Gasteiger partial charge is 0.235 e. The Morgan fingerprint density at radius 2 is 1.85 bits per heavy atom. The number of carbonyl (C=O) groups excluding carboxylic acids is 1. The molecule has 2 N–H and O–H groups in total. The molecule has 0 amide bonds. The van der Waals surface area contributed by atoms with Gasteiger partial charge in [0.05, 0.1) is 22.0 Å². The van der Waals surface area contributed by atoms with Gasteiger partial charge in [0.15, 0.2) is 5.82 Å². The van der Waals surface area contributed by atoms with Gasteiger partial charge in [-0.3, -0.25) is 13.9 Å². The molecule has 180 valence electrons. The van der Waals surface area contributed by atoms with Gasteiger partial charge < -0.3 is 5.32 Å². The number of aryl methyl sites for hydroxylation is 1. The normalized spacial score (nSPS) is 12.2. The fourth-order valence-electron chi connectivity index (χ4n) is 3.63. The highest BCUT2D eigenvalue weighted by Crippen LogP contribution is 2.25. The average Bonchev–Trinajstić information content (AvgIpc) is 3.11. The second kappa shape index (κ2) is 10.5. The predicted molar refractivity (Wildman–Crippen MR) is 132 cm³/mol. The van der Waals surface area contributed by atoms with Crippen molar-refractivity contribution in [1.82, 2.24) is 19.6 Å². The maximum atomic E-state index is 12.3. The molecule has 0 aliphatic carbocycles. The largest absolute Gasteiger partial charge is 0.367 e. The van der Waals surface area contributed by atoms with E-state index in [0.29, 0.717) is 53.8 Å². The fourth-order valence-corrected chi connectivity index (χ4v) is 4.32. The van der Waals surface area contributed by atoms with Crippen LogP contribution in [0.3, 0.4) is 0 Å². The molecule has 9 nitrogen and oxygen atoms in total. The van der Waals surface area contributed by atoms with E-state index in [1.54, 1.807) is 26.0 Å². The van der Waals surface area contributed by atoms with Gasteiger partial charge in [-0.25, -0.2) is 13.4 Å². The van der Waals surface area contributed by atoms with Crippen molar-refractivity contribution in [2.24, 2.45) is 5.92 Å². The molecule has 0 aliphatic heterocycles. The number of benzene rings is 1. The van der Waals surface area contributed by atoms with Crippen LogP contribution in [0.1, 0.15) is 65.6 Å². The molecule has 0 atom stereocenters. The van der Waals surface area contributed by atoms with Crippen molar-refractivity contribution in [2.45, 2.75) is 72.0 Å². The zero-order chi connectivity index (χ0) is 24.2. The van der Waals surface area contributed by atoms with Crippen LogP contribution in [0.5, 0.6) is 0 Å². The fraction of sp³-hybridized carbons (Fsp3) is 0.565. The Kier molecular flexibility index (Phi) is 7.88. The van der Waals surface area contributed by atoms with Crippen molar-refractivity contribution < 1.29 is 13.2 Å². The number of hydrogen-bond acceptors (Lipinski definition) is 7. The van der Waals surface area contributed by atoms with E-state index in [9.17, 15) is 13.2 Å². The van der Waals surface area contributed by atoms with Crippen LogP contribution < -0.4 is 10.0 Å². The first-order valence-electron chi connectivity index (χ1n) is 11.5. The van der Waals surface area contributed by atoms with Gasteiger partial charge >= 0.3 is 0 Å². The number of anilines is 2. The number of sulfonamides is 1. The Bertz CT molecular complexity index is 1230. The Morgan fingerprint density at radius 3 is 2.55 bits per heavy atom. The highest BCUT2D eigenvalue weighted by atomic mass is 32.2. The van der Waals surface area contributed by atoms with Crippen molar-refractivity contribution >= 4 is 44.0 Å². The molecule has 0 aliphatic rings. The number of nitrogens with one attached hydrogen (secondary N) is 2. The SMILES string of the molecule is Cc1nnc2c(NCCCCCC(=O)CC(C)C)nc3cc(NS(=O)(=O)C(C)C)ccc3n12. The molecular weight excluding hydrogens is 440 g/mol. The lowest BCUT2D eigenvalue weighted by atomic mass is 10.0. The molecule has 1 aromatic carbocycles. The van der Waals surface area contributed by atoms with Gasteiger partial charge in [0.1, 0.15) is 11.6 Å². The molecule has 0 bridgehead atoms. The highest BCUT2D eigenvalue weighted by molar-refractivity contribution is 7.93. The number of nitrogens with zero attached hydrogens (tertiary/aromatic N) is 4. The quantitative estimate of drug-likeness (QED) is 0.375. The van der Waals surface area contributed by atoms with Crippen molar-refractivity contribution in [3.8, 4) is 0 Å². The van der Waals surface area contributed by atoms with Gasteiger partial charge in [-0.05, 0) is 57.7 Å². The first-order chi connectivity index (χ1) is 15.6. The number of ketones is 1. The first kappa shape index (κ1) is 24.9. The van der Waals surface area contributed by atoms with Gasteiger partial charge in [-0.15, -0.1) is 10.2 Å². The summed E-state index contributed by atoms with van der Waals surface area (Å²) in [5.74, 6) is 2.06. The zero-order valence-corrected chi connectivity index (χ0v) is 20.9. The Balaban J connectivity index is 1.73. The summed E-state index contributed by atoms with van der Waals surface area (Å²) in [4.78, 5) is 16.6. The van der Waals surface area contributed by atoms with Crippen LogP contribution >= 0.6 is 0 Å². The lowest BCUT2D eigenvalue weighted by Gasteiger charge is -2.13. The Hall–Kier alpha value is -2.75. The Morgan fingerprint density at radius 1 is 1.09 bits per heavy atom. The summed E-state index contributed by atoms with van der Waals surface area (Å²) in [6.07, 6.45) is 4.03. The number of hydrogen-bond donors (Lipinski definition) is 2. The minimum atomic E-state index is -3.45. The predicted octanol–water partition coefficient (Wildman–Crippen LogP) is 4.32. The molecule has 3 rings (SSSR count). The zero-order valence-electron chi connectivity index (χ0n) is 20.1. The molecule has 0 spiro atoms. The van der Waals surface area contributed by atoms with E-state index in [-0.39, 0.29) is 0 Å². The van der Waals surface area contributed by atoms with E-state index in [2.05, 4.69) is 34.1 Å². The van der Waals surface area contributed by atoms with E-state index in [1.807, 2.05) is 17.4 Å². The van der Waals surface area contributed by atoms with E-state index in [1.165, 1.54) is 0 Å². The second-order valence-corrected chi connectivity index (χ2v) is 11.4. The van der Waals surface area contributed by atoms with Crippen LogP contribution in [-0.4, -0.2) is 45.6 Å². The minimum absolute atomic E-state index is 0.332. The molecule has 0 saturated heterocycles. The summed E-state index contributed by atoms with van der Waals surface area (Å²) in [6.45, 7) is 9.95. The van der Waals surface area contributed by atoms with Gasteiger partial charge in [0.2, 0.25) is 15.7 Å². The standard InChI is InChI=1S/C23H34N6O3S/c1-15(2)13-19(30)9-7-6-8-12-24-22-23-27-26-17(5)29(23)21-11-10-18(14-20(21)25-22)28-33(31,32)16(3)4/h10-11,14-16,28H,6-9,12-13H2,1-5H3,(H,24,25). The monoisotopic (exact) mass is 474 g/mol. The molecule has 2 heterocycles. The third-order valence-electron chi connectivity index (χ3n) is 5.43. The number of fused-ring (bicyclic) bond motifs is 3. The molecule has 0 radical (unpaired) electrons. The van der Waals surface area contributed by atoms with Gasteiger partial charge in [0, 0.05) is 19.4 Å². The van der Waals surface area contributed by atoms with Crippen LogP contribution in [0.2, 0.25) is 0 Å². The molecule has 0 fully saturated rings. The number of carbonyl (C=O) groups is 1. The summed E-state index contributed by atoms with van der Waals surface area (Å²) in [5.41, 5.74) is 2.53. The van der Waals surface area contributed by atoms with Crippen molar-refractivity contribution in [2.75, 3.05) is 16.6 Å².